The van der Waals surface area contributed by atoms with Crippen LogP contribution in [-0.2, 0) is 27.2 Å². The molecule has 4 N–H and O–H groups in total. The first kappa shape index (κ1) is 27.8. The van der Waals surface area contributed by atoms with Gasteiger partial charge < -0.3 is 26.0 Å². The minimum atomic E-state index is -0.719. The van der Waals surface area contributed by atoms with Crippen LogP contribution in [0.4, 0.5) is 0 Å². The second kappa shape index (κ2) is 13.5. The first-order valence-electron chi connectivity index (χ1n) is 13.8. The maximum Gasteiger partial charge on any atom is 0.246 e. The Hall–Kier alpha value is -3.23. The highest BCUT2D eigenvalue weighted by molar-refractivity contribution is 5.93. The Labute approximate surface area is 225 Å². The van der Waals surface area contributed by atoms with Gasteiger partial charge in [-0.1, -0.05) is 60.7 Å². The summed E-state index contributed by atoms with van der Waals surface area (Å²) in [6.45, 7) is 0.959. The molecule has 2 aromatic carbocycles. The lowest BCUT2D eigenvalue weighted by Crippen LogP contribution is -2.59. The van der Waals surface area contributed by atoms with Crippen molar-refractivity contribution in [3.8, 4) is 0 Å². The van der Waals surface area contributed by atoms with Gasteiger partial charge in [-0.25, -0.2) is 0 Å². The molecule has 4 atom stereocenters. The number of aliphatic hydroxyl groups is 1. The molecule has 38 heavy (non-hydrogen) atoms. The highest BCUT2D eigenvalue weighted by atomic mass is 16.3. The average molecular weight is 521 g/mol. The number of carbonyl (C=O) groups is 3. The molecule has 0 saturated carbocycles. The van der Waals surface area contributed by atoms with Gasteiger partial charge in [0.2, 0.25) is 17.7 Å². The summed E-state index contributed by atoms with van der Waals surface area (Å²) in [4.78, 5) is 43.8. The summed E-state index contributed by atoms with van der Waals surface area (Å²) >= 11 is 0. The van der Waals surface area contributed by atoms with Crippen molar-refractivity contribution >= 4 is 17.7 Å². The molecule has 2 fully saturated rings. The van der Waals surface area contributed by atoms with E-state index in [4.69, 9.17) is 5.73 Å². The lowest BCUT2D eigenvalue weighted by Gasteiger charge is -2.39. The monoisotopic (exact) mass is 520 g/mol. The molecule has 0 radical (unpaired) electrons. The molecule has 0 aromatic heterocycles. The predicted molar refractivity (Wildman–Crippen MR) is 146 cm³/mol. The molecule has 2 aliphatic rings. The number of piperidine rings is 1. The molecule has 8 heteroatoms. The summed E-state index contributed by atoms with van der Waals surface area (Å²) in [5.74, 6) is -0.568. The molecule has 0 aliphatic carbocycles. The van der Waals surface area contributed by atoms with Gasteiger partial charge in [-0.2, -0.15) is 0 Å². The highest BCUT2D eigenvalue weighted by Gasteiger charge is 2.42. The Morgan fingerprint density at radius 1 is 0.842 bits per heavy atom. The minimum absolute atomic E-state index is 0.0343. The van der Waals surface area contributed by atoms with E-state index in [0.717, 1.165) is 30.4 Å². The second-order valence-electron chi connectivity index (χ2n) is 10.4. The third kappa shape index (κ3) is 6.99. The maximum atomic E-state index is 13.8. The van der Waals surface area contributed by atoms with Crippen LogP contribution in [0.3, 0.4) is 0 Å². The zero-order valence-electron chi connectivity index (χ0n) is 22.0. The maximum absolute atomic E-state index is 13.8. The van der Waals surface area contributed by atoms with E-state index in [9.17, 15) is 19.5 Å². The first-order chi connectivity index (χ1) is 18.5. The molecule has 0 spiro atoms. The van der Waals surface area contributed by atoms with Gasteiger partial charge in [0.25, 0.3) is 0 Å². The number of nitrogens with zero attached hydrogens (tertiary/aromatic N) is 2. The van der Waals surface area contributed by atoms with Crippen molar-refractivity contribution in [3.05, 3.63) is 71.8 Å². The average Bonchev–Trinajstić information content (AvgIpc) is 3.43. The Morgan fingerprint density at radius 3 is 2.11 bits per heavy atom. The van der Waals surface area contributed by atoms with E-state index in [-0.39, 0.29) is 30.4 Å². The van der Waals surface area contributed by atoms with Gasteiger partial charge in [0.15, 0.2) is 0 Å². The van der Waals surface area contributed by atoms with Crippen LogP contribution in [0.15, 0.2) is 60.7 Å². The van der Waals surface area contributed by atoms with Crippen molar-refractivity contribution in [2.75, 3.05) is 19.7 Å². The number of likely N-dealkylation sites (tertiary alicyclic amines) is 2. The third-order valence-corrected chi connectivity index (χ3v) is 7.67. The predicted octanol–water partition coefficient (Wildman–Crippen LogP) is 2.04. The van der Waals surface area contributed by atoms with Gasteiger partial charge in [-0.05, 0) is 62.5 Å². The quantitative estimate of drug-likeness (QED) is 0.443. The van der Waals surface area contributed by atoms with Crippen molar-refractivity contribution in [1.29, 1.82) is 0 Å². The molecule has 2 aromatic rings. The van der Waals surface area contributed by atoms with Gasteiger partial charge in [0, 0.05) is 25.7 Å². The Balaban J connectivity index is 1.42. The second-order valence-corrected chi connectivity index (χ2v) is 10.4. The van der Waals surface area contributed by atoms with E-state index in [0.29, 0.717) is 45.2 Å². The Kier molecular flexibility index (Phi) is 9.90. The molecule has 0 unspecified atom stereocenters. The number of benzene rings is 2. The van der Waals surface area contributed by atoms with Crippen LogP contribution < -0.4 is 11.1 Å². The summed E-state index contributed by atoms with van der Waals surface area (Å²) in [6.07, 6.45) is 5.05. The van der Waals surface area contributed by atoms with Gasteiger partial charge in [0.1, 0.15) is 12.1 Å². The Morgan fingerprint density at radius 2 is 1.45 bits per heavy atom. The van der Waals surface area contributed by atoms with E-state index in [1.165, 1.54) is 0 Å². The lowest BCUT2D eigenvalue weighted by molar-refractivity contribution is -0.150. The summed E-state index contributed by atoms with van der Waals surface area (Å²) in [6, 6.07) is 17.4. The molecule has 2 heterocycles. The first-order valence-corrected chi connectivity index (χ1v) is 13.8. The molecular weight excluding hydrogens is 480 g/mol. The van der Waals surface area contributed by atoms with Gasteiger partial charge >= 0.3 is 0 Å². The smallest absolute Gasteiger partial charge is 0.246 e. The SMILES string of the molecule is N[C@@H](Cc1ccccc1)C(=O)N1CCC[C@H]1C(=O)N1CCCC[C@H]1C(=O)N[C@H](CCO)Cc1ccccc1. The standard InChI is InChI=1S/C30H40N4O4/c31-25(21-23-12-5-2-6-13-23)29(37)34-18-9-15-27(34)30(38)33-17-8-7-14-26(33)28(36)32-24(16-19-35)20-22-10-3-1-4-11-22/h1-6,10-13,24-27,35H,7-9,14-21,31H2,(H,32,36)/t24-,25+,26+,27+/m1/s1. The van der Waals surface area contributed by atoms with Gasteiger partial charge in [0.05, 0.1) is 6.04 Å². The van der Waals surface area contributed by atoms with Crippen molar-refractivity contribution in [2.24, 2.45) is 5.73 Å². The number of aliphatic hydroxyl groups excluding tert-OH is 1. The topological polar surface area (TPSA) is 116 Å². The van der Waals surface area contributed by atoms with E-state index in [1.54, 1.807) is 9.80 Å². The van der Waals surface area contributed by atoms with Crippen LogP contribution >= 0.6 is 0 Å². The number of carbonyl (C=O) groups excluding carboxylic acids is 3. The normalized spacial score (nSPS) is 21.1. The zero-order valence-corrected chi connectivity index (χ0v) is 22.0. The fraction of sp³-hybridized carbons (Fsp3) is 0.500. The van der Waals surface area contributed by atoms with Crippen molar-refractivity contribution in [3.63, 3.8) is 0 Å². The fourth-order valence-electron chi connectivity index (χ4n) is 5.69. The van der Waals surface area contributed by atoms with Crippen molar-refractivity contribution in [1.82, 2.24) is 15.1 Å². The van der Waals surface area contributed by atoms with E-state index in [2.05, 4.69) is 5.32 Å². The van der Waals surface area contributed by atoms with Gasteiger partial charge in [-0.3, -0.25) is 14.4 Å². The molecule has 4 rings (SSSR count). The molecule has 0 bridgehead atoms. The summed E-state index contributed by atoms with van der Waals surface area (Å²) in [7, 11) is 0. The number of hydrogen-bond donors (Lipinski definition) is 3. The van der Waals surface area contributed by atoms with Crippen molar-refractivity contribution in [2.45, 2.75) is 75.5 Å². The third-order valence-electron chi connectivity index (χ3n) is 7.67. The molecule has 2 saturated heterocycles. The van der Waals surface area contributed by atoms with Crippen LogP contribution in [0.5, 0.6) is 0 Å². The van der Waals surface area contributed by atoms with Crippen LogP contribution in [0.25, 0.3) is 0 Å². The fourth-order valence-corrected chi connectivity index (χ4v) is 5.69. The largest absolute Gasteiger partial charge is 0.396 e. The molecule has 3 amide bonds. The molecular formula is C30H40N4O4. The van der Waals surface area contributed by atoms with Crippen LogP contribution in [-0.4, -0.2) is 76.5 Å². The number of nitrogens with one attached hydrogen (secondary N) is 1. The molecule has 204 valence electrons. The van der Waals surface area contributed by atoms with Crippen LogP contribution in [0.2, 0.25) is 0 Å². The van der Waals surface area contributed by atoms with Crippen LogP contribution in [0, 0.1) is 0 Å². The zero-order chi connectivity index (χ0) is 26.9. The van der Waals surface area contributed by atoms with Crippen molar-refractivity contribution < 1.29 is 19.5 Å². The number of rotatable bonds is 10. The Bertz CT molecular complexity index is 1060. The molecule has 8 nitrogen and oxygen atoms in total. The lowest BCUT2D eigenvalue weighted by atomic mass is 9.98. The van der Waals surface area contributed by atoms with E-state index >= 15 is 0 Å². The number of hydrogen-bond acceptors (Lipinski definition) is 5. The molecule has 2 aliphatic heterocycles. The number of amides is 3. The summed E-state index contributed by atoms with van der Waals surface area (Å²) in [5, 5.41) is 12.7. The summed E-state index contributed by atoms with van der Waals surface area (Å²) in [5.41, 5.74) is 8.35. The van der Waals surface area contributed by atoms with Gasteiger partial charge in [-0.15, -0.1) is 0 Å². The van der Waals surface area contributed by atoms with Crippen LogP contribution in [0.1, 0.15) is 49.7 Å². The minimum Gasteiger partial charge on any atom is -0.396 e. The van der Waals surface area contributed by atoms with E-state index < -0.39 is 18.1 Å². The van der Waals surface area contributed by atoms with E-state index in [1.807, 2.05) is 60.7 Å². The number of nitrogens with two attached hydrogens (primary N) is 1. The highest BCUT2D eigenvalue weighted by Crippen LogP contribution is 2.25. The summed E-state index contributed by atoms with van der Waals surface area (Å²) < 4.78 is 0.